The number of rotatable bonds is 1. The highest BCUT2D eigenvalue weighted by molar-refractivity contribution is 9.10. The molecule has 0 aliphatic carbocycles. The minimum Gasteiger partial charge on any atom is -0.423 e. The molecule has 108 valence electrons. The van der Waals surface area contributed by atoms with Gasteiger partial charge in [0.05, 0.1) is 0 Å². The first kappa shape index (κ1) is 14.2. The van der Waals surface area contributed by atoms with Crippen LogP contribution in [0.3, 0.4) is 0 Å². The van der Waals surface area contributed by atoms with Crippen LogP contribution >= 0.6 is 28.3 Å². The Labute approximate surface area is 132 Å². The summed E-state index contributed by atoms with van der Waals surface area (Å²) in [4.78, 5) is 9.57. The second kappa shape index (κ2) is 5.54. The fourth-order valence-corrected chi connectivity index (χ4v) is 3.50. The van der Waals surface area contributed by atoms with Crippen LogP contribution in [-0.2, 0) is 0 Å². The van der Waals surface area contributed by atoms with Gasteiger partial charge in [0.1, 0.15) is 5.52 Å². The van der Waals surface area contributed by atoms with E-state index in [-0.39, 0.29) is 12.4 Å². The normalized spacial score (nSPS) is 25.6. The maximum Gasteiger partial charge on any atom is 0.298 e. The molecule has 2 bridgehead atoms. The van der Waals surface area contributed by atoms with Crippen molar-refractivity contribution in [1.29, 1.82) is 0 Å². The molecule has 3 aliphatic rings. The van der Waals surface area contributed by atoms with Crippen molar-refractivity contribution in [2.45, 2.75) is 18.9 Å². The fourth-order valence-electron chi connectivity index (χ4n) is 3.15. The lowest BCUT2D eigenvalue weighted by Crippen LogP contribution is -2.38. The van der Waals surface area contributed by atoms with Gasteiger partial charge in [0.2, 0.25) is 0 Å². The zero-order valence-electron chi connectivity index (χ0n) is 11.1. The van der Waals surface area contributed by atoms with Crippen molar-refractivity contribution in [2.75, 3.05) is 31.1 Å². The second-order valence-corrected chi connectivity index (χ2v) is 6.29. The first-order chi connectivity index (χ1) is 9.29. The van der Waals surface area contributed by atoms with Gasteiger partial charge in [0.15, 0.2) is 5.58 Å². The number of halogens is 2. The number of piperidine rings is 1. The smallest absolute Gasteiger partial charge is 0.298 e. The maximum absolute atomic E-state index is 5.94. The van der Waals surface area contributed by atoms with Gasteiger partial charge >= 0.3 is 0 Å². The lowest BCUT2D eigenvalue weighted by Gasteiger charge is -2.30. The Morgan fingerprint density at radius 1 is 1.15 bits per heavy atom. The number of hydrogen-bond acceptors (Lipinski definition) is 4. The fraction of sp³-hybridized carbons (Fsp3) is 0.500. The third-order valence-corrected chi connectivity index (χ3v) is 4.73. The number of aromatic nitrogens is 1. The van der Waals surface area contributed by atoms with E-state index >= 15 is 0 Å². The summed E-state index contributed by atoms with van der Waals surface area (Å²) in [5.41, 5.74) is 1.81. The van der Waals surface area contributed by atoms with E-state index in [9.17, 15) is 0 Å². The minimum absolute atomic E-state index is 0. The molecule has 0 radical (unpaired) electrons. The van der Waals surface area contributed by atoms with Gasteiger partial charge in [-0.2, -0.15) is 4.98 Å². The van der Waals surface area contributed by atoms with Crippen LogP contribution in [0.1, 0.15) is 12.8 Å². The Bertz CT molecular complexity index is 609. The monoisotopic (exact) mass is 357 g/mol. The first-order valence-electron chi connectivity index (χ1n) is 6.85. The highest BCUT2D eigenvalue weighted by atomic mass is 79.9. The SMILES string of the molecule is Brc1ccc2oc(N3CCN4CCC3CC4)nc2c1.Cl. The van der Waals surface area contributed by atoms with Gasteiger partial charge in [0, 0.05) is 36.7 Å². The summed E-state index contributed by atoms with van der Waals surface area (Å²) in [6.45, 7) is 4.58. The predicted molar refractivity (Wildman–Crippen MR) is 85.8 cm³/mol. The van der Waals surface area contributed by atoms with Crippen molar-refractivity contribution in [1.82, 2.24) is 9.88 Å². The molecular formula is C14H17BrClN3O. The summed E-state index contributed by atoms with van der Waals surface area (Å²) in [5.74, 6) is 0. The molecular weight excluding hydrogens is 342 g/mol. The molecule has 1 aromatic heterocycles. The zero-order valence-corrected chi connectivity index (χ0v) is 13.5. The van der Waals surface area contributed by atoms with Crippen LogP contribution in [0, 0.1) is 0 Å². The number of oxazole rings is 1. The zero-order chi connectivity index (χ0) is 12.8. The van der Waals surface area contributed by atoms with E-state index in [1.165, 1.54) is 25.9 Å². The molecule has 1 aromatic carbocycles. The van der Waals surface area contributed by atoms with E-state index in [0.717, 1.165) is 34.7 Å². The Morgan fingerprint density at radius 2 is 1.95 bits per heavy atom. The van der Waals surface area contributed by atoms with E-state index < -0.39 is 0 Å². The van der Waals surface area contributed by atoms with E-state index in [0.29, 0.717) is 6.04 Å². The van der Waals surface area contributed by atoms with E-state index in [2.05, 4.69) is 30.7 Å². The van der Waals surface area contributed by atoms with Crippen LogP contribution in [0.2, 0.25) is 0 Å². The van der Waals surface area contributed by atoms with Crippen molar-refractivity contribution < 1.29 is 4.42 Å². The lowest BCUT2D eigenvalue weighted by molar-refractivity contribution is 0.249. The molecule has 0 amide bonds. The number of fused-ring (bicyclic) bond motifs is 5. The van der Waals surface area contributed by atoms with Crippen molar-refractivity contribution in [3.63, 3.8) is 0 Å². The number of benzene rings is 1. The quantitative estimate of drug-likeness (QED) is 0.783. The molecule has 2 aromatic rings. The largest absolute Gasteiger partial charge is 0.423 e. The van der Waals surface area contributed by atoms with Crippen molar-refractivity contribution >= 4 is 45.5 Å². The Balaban J connectivity index is 0.00000121. The Kier molecular flexibility index (Phi) is 3.93. The molecule has 4 heterocycles. The summed E-state index contributed by atoms with van der Waals surface area (Å²) in [7, 11) is 0. The molecule has 4 nitrogen and oxygen atoms in total. The van der Waals surface area contributed by atoms with Crippen molar-refractivity contribution in [2.24, 2.45) is 0 Å². The minimum atomic E-state index is 0. The molecule has 3 saturated heterocycles. The number of hydrogen-bond donors (Lipinski definition) is 0. The number of nitrogens with zero attached hydrogens (tertiary/aromatic N) is 3. The highest BCUT2D eigenvalue weighted by Crippen LogP contribution is 2.29. The third kappa shape index (κ3) is 2.43. The second-order valence-electron chi connectivity index (χ2n) is 5.37. The molecule has 0 N–H and O–H groups in total. The van der Waals surface area contributed by atoms with Crippen LogP contribution in [0.25, 0.3) is 11.1 Å². The molecule has 0 saturated carbocycles. The van der Waals surface area contributed by atoms with Crippen LogP contribution in [0.5, 0.6) is 0 Å². The van der Waals surface area contributed by atoms with Gasteiger partial charge in [-0.3, -0.25) is 0 Å². The van der Waals surface area contributed by atoms with Gasteiger partial charge in [-0.05, 0) is 31.0 Å². The molecule has 0 atom stereocenters. The molecule has 20 heavy (non-hydrogen) atoms. The summed E-state index contributed by atoms with van der Waals surface area (Å²) in [6, 6.07) is 7.38. The molecule has 3 aliphatic heterocycles. The van der Waals surface area contributed by atoms with Crippen molar-refractivity contribution in [3.8, 4) is 0 Å². The van der Waals surface area contributed by atoms with Crippen LogP contribution < -0.4 is 4.90 Å². The Morgan fingerprint density at radius 3 is 2.75 bits per heavy atom. The molecule has 0 unspecified atom stereocenters. The average molecular weight is 359 g/mol. The summed E-state index contributed by atoms with van der Waals surface area (Å²) < 4.78 is 6.99. The van der Waals surface area contributed by atoms with Gasteiger partial charge in [-0.25, -0.2) is 0 Å². The standard InChI is InChI=1S/C14H16BrN3O.ClH/c15-10-1-2-13-12(9-10)16-14(19-13)18-8-7-17-5-3-11(18)4-6-17;/h1-2,9,11H,3-8H2;1H. The average Bonchev–Trinajstić information content (AvgIpc) is 2.61. The summed E-state index contributed by atoms with van der Waals surface area (Å²) in [5, 5.41) is 0. The van der Waals surface area contributed by atoms with Crippen LogP contribution in [-0.4, -0.2) is 42.1 Å². The molecule has 0 spiro atoms. The summed E-state index contributed by atoms with van der Waals surface area (Å²) in [6.07, 6.45) is 2.45. The molecule has 5 rings (SSSR count). The third-order valence-electron chi connectivity index (χ3n) is 4.24. The lowest BCUT2D eigenvalue weighted by atomic mass is 10.1. The highest BCUT2D eigenvalue weighted by Gasteiger charge is 2.31. The number of anilines is 1. The summed E-state index contributed by atoms with van der Waals surface area (Å²) >= 11 is 3.48. The Hall–Kier alpha value is -0.780. The topological polar surface area (TPSA) is 32.5 Å². The van der Waals surface area contributed by atoms with Gasteiger partial charge < -0.3 is 14.2 Å². The predicted octanol–water partition coefficient (Wildman–Crippen LogP) is 3.30. The van der Waals surface area contributed by atoms with E-state index in [1.807, 2.05) is 18.2 Å². The van der Waals surface area contributed by atoms with Crippen molar-refractivity contribution in [3.05, 3.63) is 22.7 Å². The molecule has 3 fully saturated rings. The van der Waals surface area contributed by atoms with Gasteiger partial charge in [0.25, 0.3) is 6.01 Å². The van der Waals surface area contributed by atoms with E-state index in [1.54, 1.807) is 0 Å². The van der Waals surface area contributed by atoms with Crippen LogP contribution in [0.15, 0.2) is 27.1 Å². The van der Waals surface area contributed by atoms with Gasteiger partial charge in [-0.1, -0.05) is 15.9 Å². The maximum atomic E-state index is 5.94. The molecule has 6 heteroatoms. The first-order valence-corrected chi connectivity index (χ1v) is 7.64. The van der Waals surface area contributed by atoms with E-state index in [4.69, 9.17) is 4.42 Å². The van der Waals surface area contributed by atoms with Crippen LogP contribution in [0.4, 0.5) is 6.01 Å². The van der Waals surface area contributed by atoms with Gasteiger partial charge in [-0.15, -0.1) is 12.4 Å².